The van der Waals surface area contributed by atoms with Gasteiger partial charge in [0, 0.05) is 5.56 Å². The molecule has 0 saturated carbocycles. The maximum Gasteiger partial charge on any atom is 0.124 e. The summed E-state index contributed by atoms with van der Waals surface area (Å²) in [6, 6.07) is 6.82. The van der Waals surface area contributed by atoms with Crippen molar-refractivity contribution >= 4 is 5.71 Å². The van der Waals surface area contributed by atoms with Crippen LogP contribution in [0.15, 0.2) is 29.4 Å². The van der Waals surface area contributed by atoms with Crippen LogP contribution >= 0.6 is 0 Å². The van der Waals surface area contributed by atoms with Gasteiger partial charge in [0.05, 0.1) is 5.71 Å². The second-order valence-electron chi connectivity index (χ2n) is 3.16. The number of aromatic hydroxyl groups is 1. The highest BCUT2D eigenvalue weighted by Gasteiger charge is 2.12. The molecule has 0 aromatic heterocycles. The summed E-state index contributed by atoms with van der Waals surface area (Å²) in [6.07, 6.45) is 0. The summed E-state index contributed by atoms with van der Waals surface area (Å²) in [5.74, 6) is 0.224. The number of phenols is 1. The molecule has 0 aliphatic heterocycles. The van der Waals surface area contributed by atoms with Crippen LogP contribution in [0.25, 0.3) is 0 Å². The van der Waals surface area contributed by atoms with Crippen LogP contribution in [0.5, 0.6) is 5.75 Å². The number of benzene rings is 1. The van der Waals surface area contributed by atoms with E-state index in [2.05, 4.69) is 5.16 Å². The lowest BCUT2D eigenvalue weighted by molar-refractivity contribution is 0.316. The SMILES string of the molecule is CC(C)/C(=N\O)c1ccccc1O. The fourth-order valence-electron chi connectivity index (χ4n) is 1.17. The normalized spacial score (nSPS) is 12.1. The molecule has 3 heteroatoms. The first-order valence-corrected chi connectivity index (χ1v) is 4.17. The van der Waals surface area contributed by atoms with Gasteiger partial charge in [-0.15, -0.1) is 0 Å². The Morgan fingerprint density at radius 3 is 2.38 bits per heavy atom. The minimum absolute atomic E-state index is 0.0818. The van der Waals surface area contributed by atoms with Gasteiger partial charge in [-0.2, -0.15) is 0 Å². The lowest BCUT2D eigenvalue weighted by Gasteiger charge is -2.08. The molecule has 1 aromatic rings. The third kappa shape index (κ3) is 1.99. The van der Waals surface area contributed by atoms with Gasteiger partial charge in [-0.1, -0.05) is 31.1 Å². The Labute approximate surface area is 77.3 Å². The van der Waals surface area contributed by atoms with E-state index in [0.717, 1.165) is 0 Å². The summed E-state index contributed by atoms with van der Waals surface area (Å²) < 4.78 is 0. The second-order valence-corrected chi connectivity index (χ2v) is 3.16. The van der Waals surface area contributed by atoms with Crippen molar-refractivity contribution in [2.45, 2.75) is 13.8 Å². The zero-order chi connectivity index (χ0) is 9.84. The number of hydrogen-bond donors (Lipinski definition) is 2. The van der Waals surface area contributed by atoms with Crippen LogP contribution in [0, 0.1) is 5.92 Å². The van der Waals surface area contributed by atoms with Gasteiger partial charge in [-0.25, -0.2) is 0 Å². The molecule has 70 valence electrons. The van der Waals surface area contributed by atoms with Crippen LogP contribution in [-0.4, -0.2) is 16.0 Å². The summed E-state index contributed by atoms with van der Waals surface area (Å²) in [5, 5.41) is 21.4. The van der Waals surface area contributed by atoms with Gasteiger partial charge in [-0.3, -0.25) is 0 Å². The van der Waals surface area contributed by atoms with Gasteiger partial charge in [-0.05, 0) is 18.1 Å². The van der Waals surface area contributed by atoms with E-state index in [-0.39, 0.29) is 11.7 Å². The largest absolute Gasteiger partial charge is 0.507 e. The lowest BCUT2D eigenvalue weighted by Crippen LogP contribution is -2.09. The predicted octanol–water partition coefficient (Wildman–Crippen LogP) is 2.23. The predicted molar refractivity (Wildman–Crippen MR) is 51.3 cm³/mol. The first kappa shape index (κ1) is 9.58. The van der Waals surface area contributed by atoms with Crippen molar-refractivity contribution in [1.82, 2.24) is 0 Å². The molecule has 0 spiro atoms. The maximum absolute atomic E-state index is 9.47. The number of hydrogen-bond acceptors (Lipinski definition) is 3. The van der Waals surface area contributed by atoms with E-state index in [4.69, 9.17) is 5.21 Å². The zero-order valence-electron chi connectivity index (χ0n) is 7.73. The summed E-state index contributed by atoms with van der Waals surface area (Å²) in [6.45, 7) is 3.81. The van der Waals surface area contributed by atoms with Gasteiger partial charge in [0.25, 0.3) is 0 Å². The fraction of sp³-hybridized carbons (Fsp3) is 0.300. The molecule has 0 amide bonds. The summed E-state index contributed by atoms with van der Waals surface area (Å²) in [7, 11) is 0. The molecule has 2 N–H and O–H groups in total. The van der Waals surface area contributed by atoms with Crippen LogP contribution in [0.1, 0.15) is 19.4 Å². The molecule has 1 rings (SSSR count). The van der Waals surface area contributed by atoms with Crippen molar-refractivity contribution in [2.24, 2.45) is 11.1 Å². The monoisotopic (exact) mass is 179 g/mol. The van der Waals surface area contributed by atoms with Crippen LogP contribution in [-0.2, 0) is 0 Å². The van der Waals surface area contributed by atoms with E-state index < -0.39 is 0 Å². The first-order valence-electron chi connectivity index (χ1n) is 4.17. The highest BCUT2D eigenvalue weighted by molar-refractivity contribution is 6.03. The Morgan fingerprint density at radius 2 is 1.92 bits per heavy atom. The molecule has 0 bridgehead atoms. The second kappa shape index (κ2) is 3.94. The van der Waals surface area contributed by atoms with E-state index in [1.54, 1.807) is 24.3 Å². The Morgan fingerprint density at radius 1 is 1.31 bits per heavy atom. The van der Waals surface area contributed by atoms with Crippen LogP contribution < -0.4 is 0 Å². The van der Waals surface area contributed by atoms with Gasteiger partial charge < -0.3 is 10.3 Å². The number of oxime groups is 1. The Bertz CT molecular complexity index is 318. The molecule has 13 heavy (non-hydrogen) atoms. The molecular weight excluding hydrogens is 166 g/mol. The third-order valence-corrected chi connectivity index (χ3v) is 1.83. The summed E-state index contributed by atoms with van der Waals surface area (Å²) >= 11 is 0. The van der Waals surface area contributed by atoms with E-state index in [0.29, 0.717) is 11.3 Å². The number of phenolic OH excluding ortho intramolecular Hbond substituents is 1. The Kier molecular flexibility index (Phi) is 2.90. The molecule has 0 unspecified atom stereocenters. The molecule has 3 nitrogen and oxygen atoms in total. The molecule has 1 aromatic carbocycles. The zero-order valence-corrected chi connectivity index (χ0v) is 7.73. The highest BCUT2D eigenvalue weighted by atomic mass is 16.4. The van der Waals surface area contributed by atoms with Crippen molar-refractivity contribution in [3.8, 4) is 5.75 Å². The molecule has 0 fully saturated rings. The molecule has 0 aliphatic carbocycles. The first-order chi connectivity index (χ1) is 6.16. The van der Waals surface area contributed by atoms with Gasteiger partial charge >= 0.3 is 0 Å². The van der Waals surface area contributed by atoms with E-state index in [1.165, 1.54) is 0 Å². The van der Waals surface area contributed by atoms with Crippen LogP contribution in [0.4, 0.5) is 0 Å². The summed E-state index contributed by atoms with van der Waals surface area (Å²) in [4.78, 5) is 0. The fourth-order valence-corrected chi connectivity index (χ4v) is 1.17. The smallest absolute Gasteiger partial charge is 0.124 e. The standard InChI is InChI=1S/C10H13NO2/c1-7(2)10(11-13)8-5-3-4-6-9(8)12/h3-7,12-13H,1-2H3/b11-10+. The van der Waals surface area contributed by atoms with E-state index in [1.807, 2.05) is 13.8 Å². The van der Waals surface area contributed by atoms with Gasteiger partial charge in [0.1, 0.15) is 5.75 Å². The molecule has 0 aliphatic rings. The topological polar surface area (TPSA) is 52.8 Å². The Balaban J connectivity index is 3.13. The number of para-hydroxylation sites is 1. The molecule has 0 atom stereocenters. The quantitative estimate of drug-likeness (QED) is 0.415. The van der Waals surface area contributed by atoms with E-state index >= 15 is 0 Å². The van der Waals surface area contributed by atoms with Crippen molar-refractivity contribution in [2.75, 3.05) is 0 Å². The van der Waals surface area contributed by atoms with Crippen LogP contribution in [0.3, 0.4) is 0 Å². The summed E-state index contributed by atoms with van der Waals surface area (Å²) in [5.41, 5.74) is 1.08. The number of nitrogens with zero attached hydrogens (tertiary/aromatic N) is 1. The van der Waals surface area contributed by atoms with Crippen molar-refractivity contribution in [3.05, 3.63) is 29.8 Å². The molecule has 0 radical (unpaired) electrons. The van der Waals surface area contributed by atoms with Gasteiger partial charge in [0.2, 0.25) is 0 Å². The van der Waals surface area contributed by atoms with Crippen molar-refractivity contribution in [3.63, 3.8) is 0 Å². The van der Waals surface area contributed by atoms with Crippen molar-refractivity contribution < 1.29 is 10.3 Å². The van der Waals surface area contributed by atoms with Crippen molar-refractivity contribution in [1.29, 1.82) is 0 Å². The minimum Gasteiger partial charge on any atom is -0.507 e. The molecular formula is C10H13NO2. The van der Waals surface area contributed by atoms with E-state index in [9.17, 15) is 5.11 Å². The minimum atomic E-state index is 0.0818. The maximum atomic E-state index is 9.47. The third-order valence-electron chi connectivity index (χ3n) is 1.83. The lowest BCUT2D eigenvalue weighted by atomic mass is 9.99. The van der Waals surface area contributed by atoms with Gasteiger partial charge in [0.15, 0.2) is 0 Å². The average molecular weight is 179 g/mol. The average Bonchev–Trinajstić information content (AvgIpc) is 2.09. The van der Waals surface area contributed by atoms with Crippen LogP contribution in [0.2, 0.25) is 0 Å². The molecule has 0 heterocycles. The number of rotatable bonds is 2. The Hall–Kier alpha value is -1.51. The molecule has 0 saturated heterocycles. The highest BCUT2D eigenvalue weighted by Crippen LogP contribution is 2.19.